The molecular formula is C18H30F2N2O. The van der Waals surface area contributed by atoms with Crippen molar-refractivity contribution in [1.82, 2.24) is 4.90 Å². The fraction of sp³-hybridized carbons (Fsp3) is 0.889. The van der Waals surface area contributed by atoms with Gasteiger partial charge in [0.1, 0.15) is 0 Å². The van der Waals surface area contributed by atoms with Crippen LogP contribution in [0.15, 0.2) is 12.3 Å². The number of alkyl halides is 2. The van der Waals surface area contributed by atoms with E-state index in [9.17, 15) is 13.9 Å². The van der Waals surface area contributed by atoms with Gasteiger partial charge >= 0.3 is 0 Å². The molecule has 0 aromatic carbocycles. The van der Waals surface area contributed by atoms with Crippen LogP contribution in [-0.4, -0.2) is 42.2 Å². The smallest absolute Gasteiger partial charge is 0.258 e. The molecule has 3 rings (SSSR count). The number of nitrogens with two attached hydrogens (primary N) is 1. The van der Waals surface area contributed by atoms with E-state index in [2.05, 4.69) is 11.5 Å². The SMILES string of the molecule is C=C(N)CC1CCC2(CC1)CCN(CC1(CO)CC1(F)F)CC2. The molecule has 132 valence electrons. The number of piperidine rings is 1. The monoisotopic (exact) mass is 328 g/mol. The van der Waals surface area contributed by atoms with Gasteiger partial charge in [0.05, 0.1) is 12.0 Å². The summed E-state index contributed by atoms with van der Waals surface area (Å²) in [4.78, 5) is 2.15. The maximum atomic E-state index is 13.5. The highest BCUT2D eigenvalue weighted by molar-refractivity contribution is 5.11. The molecule has 1 saturated heterocycles. The minimum Gasteiger partial charge on any atom is -0.403 e. The third-order valence-electron chi connectivity index (χ3n) is 6.67. The lowest BCUT2D eigenvalue weighted by molar-refractivity contribution is -0.00364. The first-order chi connectivity index (χ1) is 10.8. The number of aliphatic hydroxyl groups is 1. The summed E-state index contributed by atoms with van der Waals surface area (Å²) in [5.41, 5.74) is 5.78. The zero-order chi connectivity index (χ0) is 16.7. The third kappa shape index (κ3) is 3.41. The van der Waals surface area contributed by atoms with Gasteiger partial charge in [0.2, 0.25) is 0 Å². The van der Waals surface area contributed by atoms with Gasteiger partial charge in [0, 0.05) is 18.7 Å². The van der Waals surface area contributed by atoms with E-state index in [0.29, 0.717) is 17.9 Å². The molecule has 1 atom stereocenters. The van der Waals surface area contributed by atoms with Crippen molar-refractivity contribution < 1.29 is 13.9 Å². The molecule has 1 aliphatic heterocycles. The first-order valence-electron chi connectivity index (χ1n) is 8.94. The number of halogens is 2. The number of rotatable bonds is 5. The maximum absolute atomic E-state index is 13.5. The maximum Gasteiger partial charge on any atom is 0.258 e. The zero-order valence-corrected chi connectivity index (χ0v) is 14.0. The summed E-state index contributed by atoms with van der Waals surface area (Å²) in [6, 6.07) is 0. The van der Waals surface area contributed by atoms with E-state index in [0.717, 1.165) is 38.0 Å². The molecule has 5 heteroatoms. The molecule has 3 fully saturated rings. The molecule has 0 bridgehead atoms. The average Bonchev–Trinajstić information content (AvgIpc) is 3.05. The van der Waals surface area contributed by atoms with Crippen LogP contribution < -0.4 is 5.73 Å². The molecule has 23 heavy (non-hydrogen) atoms. The minimum atomic E-state index is -2.67. The largest absolute Gasteiger partial charge is 0.403 e. The van der Waals surface area contributed by atoms with Crippen molar-refractivity contribution in [2.24, 2.45) is 22.5 Å². The van der Waals surface area contributed by atoms with E-state index in [1.54, 1.807) is 0 Å². The lowest BCUT2D eigenvalue weighted by Crippen LogP contribution is -2.45. The van der Waals surface area contributed by atoms with Crippen LogP contribution in [0.3, 0.4) is 0 Å². The van der Waals surface area contributed by atoms with Crippen LogP contribution in [0.2, 0.25) is 0 Å². The number of hydrogen-bond donors (Lipinski definition) is 2. The highest BCUT2D eigenvalue weighted by Crippen LogP contribution is 2.60. The van der Waals surface area contributed by atoms with E-state index in [1.807, 2.05) is 0 Å². The standard InChI is InChI=1S/C18H30F2N2O/c1-14(21)10-15-2-4-16(5-3-15)6-8-22(9-7-16)12-17(13-23)11-18(17,19)20/h15,23H,1-13,21H2. The fourth-order valence-electron chi connectivity index (χ4n) is 4.75. The first kappa shape index (κ1) is 17.2. The van der Waals surface area contributed by atoms with Gasteiger partial charge in [-0.25, -0.2) is 8.78 Å². The summed E-state index contributed by atoms with van der Waals surface area (Å²) in [6.07, 6.45) is 7.91. The van der Waals surface area contributed by atoms with Gasteiger partial charge in [-0.15, -0.1) is 0 Å². The number of hydrogen-bond acceptors (Lipinski definition) is 3. The van der Waals surface area contributed by atoms with E-state index in [1.165, 1.54) is 25.7 Å². The van der Waals surface area contributed by atoms with Crippen LogP contribution >= 0.6 is 0 Å². The summed E-state index contributed by atoms with van der Waals surface area (Å²) in [6.45, 7) is 5.56. The predicted octanol–water partition coefficient (Wildman–Crippen LogP) is 3.14. The van der Waals surface area contributed by atoms with Gasteiger partial charge in [-0.3, -0.25) is 0 Å². The summed E-state index contributed by atoms with van der Waals surface area (Å²) >= 11 is 0. The summed E-state index contributed by atoms with van der Waals surface area (Å²) < 4.78 is 27.0. The molecule has 0 aromatic heterocycles. The van der Waals surface area contributed by atoms with Gasteiger partial charge < -0.3 is 15.7 Å². The molecule has 1 unspecified atom stereocenters. The molecule has 2 aliphatic carbocycles. The third-order valence-corrected chi connectivity index (χ3v) is 6.67. The molecule has 3 N–H and O–H groups in total. The highest BCUT2D eigenvalue weighted by Gasteiger charge is 2.71. The average molecular weight is 328 g/mol. The number of nitrogens with zero attached hydrogens (tertiary/aromatic N) is 1. The fourth-order valence-corrected chi connectivity index (χ4v) is 4.75. The van der Waals surface area contributed by atoms with Gasteiger partial charge in [-0.1, -0.05) is 6.58 Å². The predicted molar refractivity (Wildman–Crippen MR) is 87.1 cm³/mol. The molecule has 3 nitrogen and oxygen atoms in total. The molecule has 1 heterocycles. The van der Waals surface area contributed by atoms with Gasteiger partial charge in [0.15, 0.2) is 0 Å². The summed E-state index contributed by atoms with van der Waals surface area (Å²) in [5, 5.41) is 9.34. The minimum absolute atomic E-state index is 0.150. The molecule has 0 radical (unpaired) electrons. The summed E-state index contributed by atoms with van der Waals surface area (Å²) in [7, 11) is 0. The Morgan fingerprint density at radius 3 is 2.17 bits per heavy atom. The van der Waals surface area contributed by atoms with Crippen LogP contribution in [0, 0.1) is 16.7 Å². The van der Waals surface area contributed by atoms with Crippen molar-refractivity contribution >= 4 is 0 Å². The van der Waals surface area contributed by atoms with Crippen LogP contribution in [0.4, 0.5) is 8.78 Å². The van der Waals surface area contributed by atoms with Crippen LogP contribution in [0.5, 0.6) is 0 Å². The second-order valence-electron chi connectivity index (χ2n) is 8.40. The van der Waals surface area contributed by atoms with E-state index >= 15 is 0 Å². The molecule has 0 amide bonds. The number of allylic oxidation sites excluding steroid dienone is 1. The topological polar surface area (TPSA) is 49.5 Å². The van der Waals surface area contributed by atoms with Crippen molar-refractivity contribution in [2.75, 3.05) is 26.2 Å². The first-order valence-corrected chi connectivity index (χ1v) is 8.94. The highest BCUT2D eigenvalue weighted by atomic mass is 19.3. The Morgan fingerprint density at radius 1 is 1.17 bits per heavy atom. The van der Waals surface area contributed by atoms with Gasteiger partial charge in [-0.2, -0.15) is 0 Å². The molecular weight excluding hydrogens is 298 g/mol. The van der Waals surface area contributed by atoms with Crippen LogP contribution in [0.1, 0.15) is 51.4 Å². The van der Waals surface area contributed by atoms with E-state index in [4.69, 9.17) is 5.73 Å². The normalized spacial score (nSPS) is 33.7. The Morgan fingerprint density at radius 2 is 1.74 bits per heavy atom. The van der Waals surface area contributed by atoms with Crippen molar-refractivity contribution in [1.29, 1.82) is 0 Å². The number of aliphatic hydroxyl groups excluding tert-OH is 1. The quantitative estimate of drug-likeness (QED) is 0.815. The van der Waals surface area contributed by atoms with Crippen LogP contribution in [-0.2, 0) is 0 Å². The Hall–Kier alpha value is -0.680. The molecule has 0 aromatic rings. The van der Waals surface area contributed by atoms with Gasteiger partial charge in [0.25, 0.3) is 5.92 Å². The lowest BCUT2D eigenvalue weighted by Gasteiger charge is -2.46. The second kappa shape index (κ2) is 5.99. The van der Waals surface area contributed by atoms with E-state index < -0.39 is 17.9 Å². The zero-order valence-electron chi connectivity index (χ0n) is 14.0. The van der Waals surface area contributed by atoms with Crippen molar-refractivity contribution in [3.63, 3.8) is 0 Å². The molecule has 3 aliphatic rings. The van der Waals surface area contributed by atoms with Gasteiger partial charge in [-0.05, 0) is 69.4 Å². The Labute approximate surface area is 137 Å². The summed E-state index contributed by atoms with van der Waals surface area (Å²) in [5.74, 6) is -1.99. The van der Waals surface area contributed by atoms with Crippen molar-refractivity contribution in [3.05, 3.63) is 12.3 Å². The molecule has 2 saturated carbocycles. The lowest BCUT2D eigenvalue weighted by atomic mass is 9.65. The second-order valence-corrected chi connectivity index (χ2v) is 8.40. The Kier molecular flexibility index (Phi) is 4.47. The van der Waals surface area contributed by atoms with Crippen molar-refractivity contribution in [3.8, 4) is 0 Å². The van der Waals surface area contributed by atoms with Crippen molar-refractivity contribution in [2.45, 2.75) is 57.3 Å². The van der Waals surface area contributed by atoms with Crippen LogP contribution in [0.25, 0.3) is 0 Å². The Bertz CT molecular complexity index is 450. The molecule has 1 spiro atoms. The Balaban J connectivity index is 1.47. The number of likely N-dealkylation sites (tertiary alicyclic amines) is 1. The van der Waals surface area contributed by atoms with E-state index in [-0.39, 0.29) is 6.42 Å².